The Hall–Kier alpha value is -4.09. The second-order valence-corrected chi connectivity index (χ2v) is 10.1. The fraction of sp³-hybridized carbons (Fsp3) is 0.200. The van der Waals surface area contributed by atoms with Gasteiger partial charge in [0.15, 0.2) is 0 Å². The number of nitro benzene ring substituents is 1. The SMILES string of the molecule is O=C(CNC(=O)[C@@]1(Cc2ccccc2)CN1S(=O)(=O)c1ccc([N+](=O)[O-])cc1)OCc1ccccc1. The van der Waals surface area contributed by atoms with Gasteiger partial charge in [0.2, 0.25) is 15.9 Å². The first-order valence-electron chi connectivity index (χ1n) is 11.0. The van der Waals surface area contributed by atoms with E-state index in [2.05, 4.69) is 5.32 Å². The molecule has 1 saturated heterocycles. The molecule has 3 aromatic carbocycles. The molecule has 1 unspecified atom stereocenters. The van der Waals surface area contributed by atoms with E-state index in [1.807, 2.05) is 18.2 Å². The Bertz CT molecular complexity index is 1360. The van der Waals surface area contributed by atoms with Gasteiger partial charge in [0, 0.05) is 25.1 Å². The molecule has 11 heteroatoms. The summed E-state index contributed by atoms with van der Waals surface area (Å²) in [7, 11) is -4.13. The number of rotatable bonds is 10. The minimum absolute atomic E-state index is 0.0470. The molecular weight excluding hydrogens is 486 g/mol. The van der Waals surface area contributed by atoms with Crippen LogP contribution in [-0.4, -0.2) is 48.2 Å². The predicted octanol–water partition coefficient (Wildman–Crippen LogP) is 2.44. The van der Waals surface area contributed by atoms with Crippen molar-refractivity contribution in [3.8, 4) is 0 Å². The van der Waals surface area contributed by atoms with E-state index in [-0.39, 0.29) is 30.2 Å². The van der Waals surface area contributed by atoms with Gasteiger partial charge in [-0.3, -0.25) is 19.7 Å². The number of amides is 1. The first-order valence-corrected chi connectivity index (χ1v) is 12.5. The third-order valence-corrected chi connectivity index (χ3v) is 7.74. The first kappa shape index (κ1) is 25.0. The number of nitro groups is 1. The quantitative estimate of drug-likeness (QED) is 0.192. The van der Waals surface area contributed by atoms with Crippen LogP contribution in [0.1, 0.15) is 11.1 Å². The number of carbonyl (C=O) groups is 2. The third-order valence-electron chi connectivity index (χ3n) is 5.81. The van der Waals surface area contributed by atoms with Crippen LogP contribution >= 0.6 is 0 Å². The monoisotopic (exact) mass is 509 g/mol. The molecule has 36 heavy (non-hydrogen) atoms. The number of nitrogens with zero attached hydrogens (tertiary/aromatic N) is 2. The summed E-state index contributed by atoms with van der Waals surface area (Å²) in [5.74, 6) is -1.29. The molecule has 0 bridgehead atoms. The van der Waals surface area contributed by atoms with E-state index in [1.54, 1.807) is 42.5 Å². The molecular formula is C25H23N3O7S. The molecule has 2 atom stereocenters. The molecule has 0 saturated carbocycles. The van der Waals surface area contributed by atoms with Gasteiger partial charge in [0.05, 0.1) is 9.82 Å². The molecule has 0 spiro atoms. The molecule has 1 aliphatic rings. The van der Waals surface area contributed by atoms with Crippen LogP contribution in [0.5, 0.6) is 0 Å². The average Bonchev–Trinajstić information content (AvgIpc) is 3.63. The normalized spacial score (nSPS) is 18.7. The second kappa shape index (κ2) is 10.3. The van der Waals surface area contributed by atoms with E-state index in [4.69, 9.17) is 4.74 Å². The van der Waals surface area contributed by atoms with Crippen molar-refractivity contribution in [1.82, 2.24) is 9.62 Å². The standard InChI is InChI=1S/C25H23N3O7S/c29-23(35-17-20-9-5-2-6-10-20)16-26-24(30)25(15-19-7-3-1-4-8-19)18-27(25)36(33,34)22-13-11-21(12-14-22)28(31)32/h1-14H,15-18H2,(H,26,30)/t25-,27?/m1/s1. The summed E-state index contributed by atoms with van der Waals surface area (Å²) in [6.45, 7) is -0.481. The van der Waals surface area contributed by atoms with Crippen molar-refractivity contribution >= 4 is 27.6 Å². The van der Waals surface area contributed by atoms with E-state index in [9.17, 15) is 28.1 Å². The Kier molecular flexibility index (Phi) is 7.13. The molecule has 4 rings (SSSR count). The summed E-state index contributed by atoms with van der Waals surface area (Å²) >= 11 is 0. The summed E-state index contributed by atoms with van der Waals surface area (Å²) < 4.78 is 32.8. The van der Waals surface area contributed by atoms with Crippen LogP contribution in [0.15, 0.2) is 89.8 Å². The fourth-order valence-corrected chi connectivity index (χ4v) is 5.56. The van der Waals surface area contributed by atoms with Gasteiger partial charge in [-0.15, -0.1) is 0 Å². The van der Waals surface area contributed by atoms with Crippen LogP contribution in [0, 0.1) is 10.1 Å². The lowest BCUT2D eigenvalue weighted by atomic mass is 9.98. The van der Waals surface area contributed by atoms with E-state index in [1.165, 1.54) is 0 Å². The number of hydrogen-bond donors (Lipinski definition) is 1. The fourth-order valence-electron chi connectivity index (χ4n) is 3.83. The number of sulfonamides is 1. The summed E-state index contributed by atoms with van der Waals surface area (Å²) in [6, 6.07) is 22.4. The maximum Gasteiger partial charge on any atom is 0.325 e. The van der Waals surface area contributed by atoms with Crippen molar-refractivity contribution in [2.75, 3.05) is 13.1 Å². The molecule has 0 aromatic heterocycles. The van der Waals surface area contributed by atoms with E-state index in [0.717, 1.165) is 39.7 Å². The van der Waals surface area contributed by atoms with E-state index in [0.29, 0.717) is 0 Å². The number of ether oxygens (including phenoxy) is 1. The summed E-state index contributed by atoms with van der Waals surface area (Å²) in [5.41, 5.74) is -0.162. The number of carbonyl (C=O) groups excluding carboxylic acids is 2. The third kappa shape index (κ3) is 5.42. The van der Waals surface area contributed by atoms with Crippen LogP contribution in [0.4, 0.5) is 5.69 Å². The Morgan fingerprint density at radius 3 is 2.11 bits per heavy atom. The van der Waals surface area contributed by atoms with Crippen LogP contribution in [0.2, 0.25) is 0 Å². The number of esters is 1. The highest BCUT2D eigenvalue weighted by Crippen LogP contribution is 2.41. The summed E-state index contributed by atoms with van der Waals surface area (Å²) in [4.78, 5) is 35.5. The molecule has 3 aromatic rings. The maximum atomic E-state index is 13.3. The first-order chi connectivity index (χ1) is 17.2. The van der Waals surface area contributed by atoms with Crippen molar-refractivity contribution in [3.05, 3.63) is 106 Å². The van der Waals surface area contributed by atoms with Crippen molar-refractivity contribution < 1.29 is 27.7 Å². The van der Waals surface area contributed by atoms with E-state index >= 15 is 0 Å². The van der Waals surface area contributed by atoms with Crippen LogP contribution < -0.4 is 5.32 Å². The van der Waals surface area contributed by atoms with Gasteiger partial charge < -0.3 is 10.1 Å². The van der Waals surface area contributed by atoms with Crippen molar-refractivity contribution in [2.45, 2.75) is 23.5 Å². The van der Waals surface area contributed by atoms with Gasteiger partial charge >= 0.3 is 5.97 Å². The van der Waals surface area contributed by atoms with Gasteiger partial charge in [-0.05, 0) is 23.3 Å². The van der Waals surface area contributed by atoms with Crippen molar-refractivity contribution in [3.63, 3.8) is 0 Å². The van der Waals surface area contributed by atoms with Crippen LogP contribution in [0.25, 0.3) is 0 Å². The Morgan fingerprint density at radius 2 is 1.53 bits per heavy atom. The highest BCUT2D eigenvalue weighted by molar-refractivity contribution is 7.89. The lowest BCUT2D eigenvalue weighted by molar-refractivity contribution is -0.384. The zero-order valence-corrected chi connectivity index (χ0v) is 19.9. The van der Waals surface area contributed by atoms with E-state index < -0.39 is 38.9 Å². The molecule has 1 amide bonds. The molecule has 186 valence electrons. The van der Waals surface area contributed by atoms with Crippen molar-refractivity contribution in [2.24, 2.45) is 0 Å². The largest absolute Gasteiger partial charge is 0.460 e. The summed E-state index contributed by atoms with van der Waals surface area (Å²) in [5, 5.41) is 13.4. The smallest absolute Gasteiger partial charge is 0.325 e. The second-order valence-electron chi connectivity index (χ2n) is 8.29. The van der Waals surface area contributed by atoms with Gasteiger partial charge in [-0.25, -0.2) is 8.42 Å². The van der Waals surface area contributed by atoms with Crippen LogP contribution in [0.3, 0.4) is 0 Å². The Balaban J connectivity index is 1.49. The Morgan fingerprint density at radius 1 is 0.944 bits per heavy atom. The average molecular weight is 510 g/mol. The molecule has 1 heterocycles. The molecule has 0 aliphatic carbocycles. The molecule has 1 N–H and O–H groups in total. The van der Waals surface area contributed by atoms with Crippen LogP contribution in [-0.2, 0) is 37.4 Å². The highest BCUT2D eigenvalue weighted by atomic mass is 32.2. The molecule has 10 nitrogen and oxygen atoms in total. The lowest BCUT2D eigenvalue weighted by Crippen LogP contribution is -2.45. The number of non-ortho nitro benzene ring substituents is 1. The summed E-state index contributed by atoms with van der Waals surface area (Å²) in [6.07, 6.45) is 0.0882. The number of hydrogen-bond acceptors (Lipinski definition) is 7. The maximum absolute atomic E-state index is 13.3. The number of nitrogens with one attached hydrogen (secondary N) is 1. The minimum atomic E-state index is -4.13. The molecule has 0 radical (unpaired) electrons. The van der Waals surface area contributed by atoms with Crippen molar-refractivity contribution in [1.29, 1.82) is 0 Å². The molecule has 1 fully saturated rings. The van der Waals surface area contributed by atoms with Gasteiger partial charge in [-0.1, -0.05) is 60.7 Å². The zero-order chi connectivity index (χ0) is 25.8. The van der Waals surface area contributed by atoms with Gasteiger partial charge in [0.25, 0.3) is 5.69 Å². The minimum Gasteiger partial charge on any atom is -0.460 e. The zero-order valence-electron chi connectivity index (χ0n) is 19.1. The number of benzene rings is 3. The van der Waals surface area contributed by atoms with Gasteiger partial charge in [-0.2, -0.15) is 4.31 Å². The van der Waals surface area contributed by atoms with Gasteiger partial charge in [0.1, 0.15) is 18.7 Å². The Labute approximate surface area is 207 Å². The lowest BCUT2D eigenvalue weighted by Gasteiger charge is -2.18. The topological polar surface area (TPSA) is 136 Å². The molecule has 1 aliphatic heterocycles. The highest BCUT2D eigenvalue weighted by Gasteiger charge is 2.64. The predicted molar refractivity (Wildman–Crippen MR) is 129 cm³/mol.